The van der Waals surface area contributed by atoms with Gasteiger partial charge in [-0.1, -0.05) is 6.92 Å². The molecule has 1 heterocycles. The van der Waals surface area contributed by atoms with E-state index < -0.39 is 5.60 Å². The van der Waals surface area contributed by atoms with Crippen LogP contribution in [0.5, 0.6) is 0 Å². The van der Waals surface area contributed by atoms with Crippen LogP contribution in [0.1, 0.15) is 40.0 Å². The monoisotopic (exact) mass is 214 g/mol. The molecule has 0 amide bonds. The second kappa shape index (κ2) is 5.83. The fourth-order valence-electron chi connectivity index (χ4n) is 2.08. The average molecular weight is 214 g/mol. The predicted molar refractivity (Wildman–Crippen MR) is 64.1 cm³/mol. The zero-order chi connectivity index (χ0) is 11.3. The van der Waals surface area contributed by atoms with Gasteiger partial charge in [-0.25, -0.2) is 0 Å². The van der Waals surface area contributed by atoms with Crippen molar-refractivity contribution in [2.24, 2.45) is 0 Å². The van der Waals surface area contributed by atoms with Gasteiger partial charge in [0, 0.05) is 12.6 Å². The van der Waals surface area contributed by atoms with E-state index >= 15 is 0 Å². The van der Waals surface area contributed by atoms with E-state index in [9.17, 15) is 5.11 Å². The van der Waals surface area contributed by atoms with Crippen LogP contribution in [0.2, 0.25) is 0 Å². The summed E-state index contributed by atoms with van der Waals surface area (Å²) in [5.41, 5.74) is -0.515. The molecule has 15 heavy (non-hydrogen) atoms. The van der Waals surface area contributed by atoms with Crippen LogP contribution >= 0.6 is 0 Å². The Bertz CT molecular complexity index is 169. The van der Waals surface area contributed by atoms with Crippen LogP contribution in [-0.2, 0) is 0 Å². The van der Waals surface area contributed by atoms with Gasteiger partial charge in [0.1, 0.15) is 0 Å². The summed E-state index contributed by atoms with van der Waals surface area (Å²) < 4.78 is 0. The van der Waals surface area contributed by atoms with Crippen molar-refractivity contribution < 1.29 is 5.11 Å². The highest BCUT2D eigenvalue weighted by Gasteiger charge is 2.20. The van der Waals surface area contributed by atoms with E-state index in [0.717, 1.165) is 19.5 Å². The summed E-state index contributed by atoms with van der Waals surface area (Å²) in [6.07, 6.45) is 3.37. The Kier molecular flexibility index (Phi) is 5.03. The highest BCUT2D eigenvalue weighted by atomic mass is 16.3. The summed E-state index contributed by atoms with van der Waals surface area (Å²) in [5, 5.41) is 13.1. The Morgan fingerprint density at radius 3 is 2.40 bits per heavy atom. The predicted octanol–water partition coefficient (Wildman–Crippen LogP) is 1.22. The molecule has 1 aliphatic rings. The molecule has 0 saturated carbocycles. The van der Waals surface area contributed by atoms with E-state index in [0.29, 0.717) is 6.04 Å². The first kappa shape index (κ1) is 12.9. The Morgan fingerprint density at radius 1 is 1.33 bits per heavy atom. The normalized spacial score (nSPS) is 20.8. The molecule has 0 radical (unpaired) electrons. The molecule has 0 aromatic carbocycles. The zero-order valence-corrected chi connectivity index (χ0v) is 10.4. The molecule has 0 bridgehead atoms. The number of hydrogen-bond donors (Lipinski definition) is 2. The molecule has 1 rings (SSSR count). The van der Waals surface area contributed by atoms with Crippen molar-refractivity contribution in [2.75, 3.05) is 26.2 Å². The van der Waals surface area contributed by atoms with Gasteiger partial charge < -0.3 is 15.3 Å². The van der Waals surface area contributed by atoms with Gasteiger partial charge in [0.2, 0.25) is 0 Å². The lowest BCUT2D eigenvalue weighted by Gasteiger charge is -2.33. The highest BCUT2D eigenvalue weighted by Crippen LogP contribution is 2.13. The summed E-state index contributed by atoms with van der Waals surface area (Å²) in [5.74, 6) is 0. The zero-order valence-electron chi connectivity index (χ0n) is 10.4. The number of hydrogen-bond acceptors (Lipinski definition) is 3. The van der Waals surface area contributed by atoms with Crippen LogP contribution < -0.4 is 5.32 Å². The maximum Gasteiger partial charge on any atom is 0.0603 e. The summed E-state index contributed by atoms with van der Waals surface area (Å²) in [7, 11) is 0. The van der Waals surface area contributed by atoms with E-state index in [1.165, 1.54) is 25.9 Å². The summed E-state index contributed by atoms with van der Waals surface area (Å²) in [6.45, 7) is 10.4. The molecule has 0 aliphatic carbocycles. The van der Waals surface area contributed by atoms with Crippen molar-refractivity contribution in [3.8, 4) is 0 Å². The van der Waals surface area contributed by atoms with Crippen LogP contribution in [0, 0.1) is 0 Å². The Labute approximate surface area is 93.9 Å². The molecule has 1 fully saturated rings. The highest BCUT2D eigenvalue weighted by molar-refractivity contribution is 4.78. The van der Waals surface area contributed by atoms with E-state index in [-0.39, 0.29) is 0 Å². The molecule has 1 aliphatic heterocycles. The molecule has 0 aromatic rings. The van der Waals surface area contributed by atoms with Gasteiger partial charge in [-0.3, -0.25) is 0 Å². The van der Waals surface area contributed by atoms with Crippen molar-refractivity contribution in [2.45, 2.75) is 51.7 Å². The molecule has 0 aromatic heterocycles. The third kappa shape index (κ3) is 5.50. The lowest BCUT2D eigenvalue weighted by atomic mass is 10.0. The molecule has 3 nitrogen and oxygen atoms in total. The minimum atomic E-state index is -0.515. The number of likely N-dealkylation sites (tertiary alicyclic amines) is 1. The number of aliphatic hydroxyl groups is 1. The largest absolute Gasteiger partial charge is 0.390 e. The van der Waals surface area contributed by atoms with Crippen molar-refractivity contribution in [3.05, 3.63) is 0 Å². The van der Waals surface area contributed by atoms with Crippen LogP contribution in [0.3, 0.4) is 0 Å². The molecule has 0 spiro atoms. The fraction of sp³-hybridized carbons (Fsp3) is 1.00. The van der Waals surface area contributed by atoms with Gasteiger partial charge in [0.25, 0.3) is 0 Å². The maximum atomic E-state index is 9.65. The summed E-state index contributed by atoms with van der Waals surface area (Å²) in [4.78, 5) is 2.46. The maximum absolute atomic E-state index is 9.65. The topological polar surface area (TPSA) is 35.5 Å². The smallest absolute Gasteiger partial charge is 0.0603 e. The molecular formula is C12H26N2O. The Hall–Kier alpha value is -0.120. The quantitative estimate of drug-likeness (QED) is 0.722. The summed E-state index contributed by atoms with van der Waals surface area (Å²) in [6, 6.07) is 0.716. The number of nitrogens with zero attached hydrogens (tertiary/aromatic N) is 1. The van der Waals surface area contributed by atoms with Gasteiger partial charge in [-0.15, -0.1) is 0 Å². The first-order valence-corrected chi connectivity index (χ1v) is 6.19. The summed E-state index contributed by atoms with van der Waals surface area (Å²) >= 11 is 0. The van der Waals surface area contributed by atoms with E-state index in [4.69, 9.17) is 0 Å². The molecule has 3 heteroatoms. The van der Waals surface area contributed by atoms with Crippen LogP contribution in [0.25, 0.3) is 0 Å². The lowest BCUT2D eigenvalue weighted by Crippen LogP contribution is -2.43. The van der Waals surface area contributed by atoms with Gasteiger partial charge in [-0.05, 0) is 52.7 Å². The third-order valence-electron chi connectivity index (χ3n) is 3.12. The van der Waals surface area contributed by atoms with Gasteiger partial charge in [-0.2, -0.15) is 0 Å². The van der Waals surface area contributed by atoms with Crippen LogP contribution in [-0.4, -0.2) is 47.8 Å². The molecule has 0 atom stereocenters. The lowest BCUT2D eigenvalue weighted by molar-refractivity contribution is 0.0534. The van der Waals surface area contributed by atoms with Crippen molar-refractivity contribution >= 4 is 0 Å². The van der Waals surface area contributed by atoms with Crippen LogP contribution in [0.4, 0.5) is 0 Å². The Morgan fingerprint density at radius 2 is 1.93 bits per heavy atom. The SMILES string of the molecule is CCNC1CCN(CCC(C)(C)O)CC1. The number of nitrogens with one attached hydrogen (secondary N) is 1. The second-order valence-electron chi connectivity index (χ2n) is 5.24. The fourth-order valence-corrected chi connectivity index (χ4v) is 2.08. The van der Waals surface area contributed by atoms with E-state index in [1.54, 1.807) is 0 Å². The number of rotatable bonds is 5. The van der Waals surface area contributed by atoms with Crippen molar-refractivity contribution in [1.29, 1.82) is 0 Å². The minimum absolute atomic E-state index is 0.515. The van der Waals surface area contributed by atoms with E-state index in [2.05, 4.69) is 17.1 Å². The molecule has 90 valence electrons. The van der Waals surface area contributed by atoms with Crippen LogP contribution in [0.15, 0.2) is 0 Å². The van der Waals surface area contributed by atoms with Crippen molar-refractivity contribution in [1.82, 2.24) is 10.2 Å². The van der Waals surface area contributed by atoms with Gasteiger partial charge in [0.05, 0.1) is 5.60 Å². The van der Waals surface area contributed by atoms with Gasteiger partial charge >= 0.3 is 0 Å². The minimum Gasteiger partial charge on any atom is -0.390 e. The Balaban J connectivity index is 2.15. The van der Waals surface area contributed by atoms with Gasteiger partial charge in [0.15, 0.2) is 0 Å². The van der Waals surface area contributed by atoms with E-state index in [1.807, 2.05) is 13.8 Å². The molecule has 1 saturated heterocycles. The number of piperidine rings is 1. The molecule has 0 unspecified atom stereocenters. The first-order valence-electron chi connectivity index (χ1n) is 6.19. The molecular weight excluding hydrogens is 188 g/mol. The first-order chi connectivity index (χ1) is 7.01. The molecule has 2 N–H and O–H groups in total. The third-order valence-corrected chi connectivity index (χ3v) is 3.12. The average Bonchev–Trinajstić information content (AvgIpc) is 2.16. The standard InChI is InChI=1S/C12H26N2O/c1-4-13-11-5-8-14(9-6-11)10-7-12(2,3)15/h11,13,15H,4-10H2,1-3H3. The second-order valence-corrected chi connectivity index (χ2v) is 5.24. The van der Waals surface area contributed by atoms with Crippen molar-refractivity contribution in [3.63, 3.8) is 0 Å².